The maximum absolute atomic E-state index is 11.7. The number of aromatic nitrogens is 2. The van der Waals surface area contributed by atoms with Gasteiger partial charge in [0.1, 0.15) is 0 Å². The van der Waals surface area contributed by atoms with E-state index in [1.54, 1.807) is 6.07 Å². The van der Waals surface area contributed by atoms with Crippen LogP contribution in [0.15, 0.2) is 18.5 Å². The van der Waals surface area contributed by atoms with Gasteiger partial charge in [-0.2, -0.15) is 18.3 Å². The molecule has 13 heavy (non-hydrogen) atoms. The second-order valence-electron chi connectivity index (χ2n) is 2.44. The van der Waals surface area contributed by atoms with Crippen molar-refractivity contribution in [3.63, 3.8) is 0 Å². The molecule has 0 saturated heterocycles. The Morgan fingerprint density at radius 2 is 2.15 bits per heavy atom. The molecule has 1 heterocycles. The van der Waals surface area contributed by atoms with Crippen LogP contribution in [0.3, 0.4) is 0 Å². The lowest BCUT2D eigenvalue weighted by atomic mass is 10.3. The number of carbonyl (C=O) groups excluding carboxylic acids is 1. The summed E-state index contributed by atoms with van der Waals surface area (Å²) in [4.78, 5) is 10.4. The number of Topliss-reactive ketones (excluding diaryl/α,β-unsaturated/α-hetero) is 1. The Morgan fingerprint density at radius 3 is 2.62 bits per heavy atom. The average Bonchev–Trinajstić information content (AvgIpc) is 2.50. The van der Waals surface area contributed by atoms with Crippen LogP contribution in [0.4, 0.5) is 13.2 Å². The van der Waals surface area contributed by atoms with E-state index in [9.17, 15) is 18.0 Å². The van der Waals surface area contributed by atoms with E-state index < -0.39 is 18.4 Å². The van der Waals surface area contributed by atoms with Crippen LogP contribution in [0, 0.1) is 0 Å². The second-order valence-corrected chi connectivity index (χ2v) is 2.44. The van der Waals surface area contributed by atoms with Gasteiger partial charge >= 0.3 is 6.18 Å². The molecule has 0 amide bonds. The summed E-state index contributed by atoms with van der Waals surface area (Å²) in [6, 6.07) is 1.58. The van der Waals surface area contributed by atoms with Gasteiger partial charge in [0.15, 0.2) is 0 Å². The van der Waals surface area contributed by atoms with Gasteiger partial charge in [-0.3, -0.25) is 9.48 Å². The molecule has 0 N–H and O–H groups in total. The first-order valence-electron chi connectivity index (χ1n) is 3.57. The summed E-state index contributed by atoms with van der Waals surface area (Å²) in [5.41, 5.74) is 0. The molecule has 3 nitrogen and oxygen atoms in total. The monoisotopic (exact) mass is 192 g/mol. The number of carbonyl (C=O) groups is 1. The lowest BCUT2D eigenvalue weighted by Gasteiger charge is -2.04. The average molecular weight is 192 g/mol. The number of hydrogen-bond donors (Lipinski definition) is 0. The summed E-state index contributed by atoms with van der Waals surface area (Å²) in [6.45, 7) is -0.0364. The topological polar surface area (TPSA) is 34.9 Å². The van der Waals surface area contributed by atoms with Crippen LogP contribution < -0.4 is 0 Å². The van der Waals surface area contributed by atoms with Gasteiger partial charge in [0.2, 0.25) is 5.78 Å². The van der Waals surface area contributed by atoms with Crippen LogP contribution >= 0.6 is 0 Å². The van der Waals surface area contributed by atoms with E-state index in [4.69, 9.17) is 0 Å². The van der Waals surface area contributed by atoms with Gasteiger partial charge in [0.05, 0.1) is 0 Å². The van der Waals surface area contributed by atoms with Crippen molar-refractivity contribution in [1.82, 2.24) is 9.78 Å². The van der Waals surface area contributed by atoms with Crippen molar-refractivity contribution >= 4 is 5.78 Å². The largest absolute Gasteiger partial charge is 0.450 e. The van der Waals surface area contributed by atoms with Crippen molar-refractivity contribution in [3.05, 3.63) is 18.5 Å². The van der Waals surface area contributed by atoms with Crippen molar-refractivity contribution in [1.29, 1.82) is 0 Å². The molecule has 0 aliphatic heterocycles. The highest BCUT2D eigenvalue weighted by Gasteiger charge is 2.37. The smallest absolute Gasteiger partial charge is 0.290 e. The molecule has 0 aliphatic carbocycles. The van der Waals surface area contributed by atoms with E-state index in [-0.39, 0.29) is 6.54 Å². The first kappa shape index (κ1) is 9.76. The third-order valence-corrected chi connectivity index (χ3v) is 1.44. The van der Waals surface area contributed by atoms with E-state index in [1.165, 1.54) is 17.1 Å². The summed E-state index contributed by atoms with van der Waals surface area (Å²) in [6.07, 6.45) is -2.35. The van der Waals surface area contributed by atoms with Crippen LogP contribution in [0.1, 0.15) is 6.42 Å². The van der Waals surface area contributed by atoms with Crippen LogP contribution in [0.25, 0.3) is 0 Å². The number of hydrogen-bond acceptors (Lipinski definition) is 2. The van der Waals surface area contributed by atoms with E-state index in [0.717, 1.165) is 0 Å². The van der Waals surface area contributed by atoms with Crippen molar-refractivity contribution < 1.29 is 18.0 Å². The minimum absolute atomic E-state index is 0.0364. The summed E-state index contributed by atoms with van der Waals surface area (Å²) in [5.74, 6) is -1.72. The molecule has 0 saturated carbocycles. The molecule has 0 bridgehead atoms. The van der Waals surface area contributed by atoms with Crippen molar-refractivity contribution in [2.75, 3.05) is 0 Å². The molecule has 0 atom stereocenters. The lowest BCUT2D eigenvalue weighted by molar-refractivity contribution is -0.171. The number of ketones is 1. The van der Waals surface area contributed by atoms with Gasteiger partial charge in [-0.15, -0.1) is 0 Å². The zero-order valence-electron chi connectivity index (χ0n) is 6.58. The minimum atomic E-state index is -4.73. The SMILES string of the molecule is O=C(CCn1cccn1)C(F)(F)F. The molecule has 0 spiro atoms. The molecule has 0 radical (unpaired) electrons. The highest BCUT2D eigenvalue weighted by atomic mass is 19.4. The molecule has 0 aliphatic rings. The Kier molecular flexibility index (Phi) is 2.69. The summed E-state index contributed by atoms with van der Waals surface area (Å²) in [7, 11) is 0. The predicted octanol–water partition coefficient (Wildman–Crippen LogP) is 1.40. The van der Waals surface area contributed by atoms with Crippen LogP contribution in [-0.2, 0) is 11.3 Å². The Hall–Kier alpha value is -1.33. The van der Waals surface area contributed by atoms with E-state index in [2.05, 4.69) is 5.10 Å². The van der Waals surface area contributed by atoms with Gasteiger partial charge in [0.25, 0.3) is 0 Å². The van der Waals surface area contributed by atoms with E-state index in [0.29, 0.717) is 0 Å². The highest BCUT2D eigenvalue weighted by molar-refractivity contribution is 5.83. The number of aryl methyl sites for hydroxylation is 1. The van der Waals surface area contributed by atoms with E-state index >= 15 is 0 Å². The number of alkyl halides is 3. The van der Waals surface area contributed by atoms with Gasteiger partial charge in [-0.1, -0.05) is 0 Å². The second kappa shape index (κ2) is 3.59. The fraction of sp³-hybridized carbons (Fsp3) is 0.429. The quantitative estimate of drug-likeness (QED) is 0.725. The fourth-order valence-electron chi connectivity index (χ4n) is 0.791. The summed E-state index contributed by atoms with van der Waals surface area (Å²) in [5, 5.41) is 3.67. The number of nitrogens with zero attached hydrogens (tertiary/aromatic N) is 2. The number of halogens is 3. The molecule has 72 valence electrons. The first-order chi connectivity index (χ1) is 6.00. The van der Waals surface area contributed by atoms with Crippen LogP contribution in [0.5, 0.6) is 0 Å². The van der Waals surface area contributed by atoms with Gasteiger partial charge in [-0.05, 0) is 6.07 Å². The van der Waals surface area contributed by atoms with Crippen molar-refractivity contribution in [2.24, 2.45) is 0 Å². The molecule has 0 aromatic carbocycles. The van der Waals surface area contributed by atoms with Gasteiger partial charge < -0.3 is 0 Å². The maximum Gasteiger partial charge on any atom is 0.450 e. The number of rotatable bonds is 3. The van der Waals surface area contributed by atoms with Crippen LogP contribution in [0.2, 0.25) is 0 Å². The normalized spacial score (nSPS) is 11.6. The maximum atomic E-state index is 11.7. The zero-order chi connectivity index (χ0) is 9.90. The highest BCUT2D eigenvalue weighted by Crippen LogP contribution is 2.17. The van der Waals surface area contributed by atoms with Crippen LogP contribution in [-0.4, -0.2) is 21.7 Å². The Labute approximate surface area is 72.2 Å². The molecule has 1 rings (SSSR count). The Bertz CT molecular complexity index is 278. The lowest BCUT2D eigenvalue weighted by Crippen LogP contribution is -2.23. The first-order valence-corrected chi connectivity index (χ1v) is 3.57. The van der Waals surface area contributed by atoms with Crippen molar-refractivity contribution in [2.45, 2.75) is 19.1 Å². The Balaban J connectivity index is 2.40. The molecular weight excluding hydrogens is 185 g/mol. The fourth-order valence-corrected chi connectivity index (χ4v) is 0.791. The molecule has 1 aromatic heterocycles. The van der Waals surface area contributed by atoms with E-state index in [1.807, 2.05) is 0 Å². The molecule has 0 fully saturated rings. The Morgan fingerprint density at radius 1 is 1.46 bits per heavy atom. The standard InChI is InChI=1S/C7H7F3N2O/c8-7(9,10)6(13)2-5-12-4-1-3-11-12/h1,3-4H,2,5H2. The zero-order valence-corrected chi connectivity index (χ0v) is 6.58. The molecule has 0 unspecified atom stereocenters. The third kappa shape index (κ3) is 2.89. The molecule has 6 heteroatoms. The third-order valence-electron chi connectivity index (χ3n) is 1.44. The summed E-state index contributed by atoms with van der Waals surface area (Å²) < 4.78 is 36.4. The minimum Gasteiger partial charge on any atom is -0.290 e. The van der Waals surface area contributed by atoms with Crippen molar-refractivity contribution in [3.8, 4) is 0 Å². The van der Waals surface area contributed by atoms with Gasteiger partial charge in [0, 0.05) is 25.4 Å². The van der Waals surface area contributed by atoms with Gasteiger partial charge in [-0.25, -0.2) is 0 Å². The molecule has 1 aromatic rings. The molecular formula is C7H7F3N2O. The predicted molar refractivity (Wildman–Crippen MR) is 37.9 cm³/mol. The summed E-state index contributed by atoms with van der Waals surface area (Å²) >= 11 is 0.